The Bertz CT molecular complexity index is 964. The number of fused-ring (bicyclic) bond motifs is 1. The lowest BCUT2D eigenvalue weighted by Crippen LogP contribution is -2.22. The Balaban J connectivity index is 1.81. The molecule has 2 aromatic carbocycles. The molecular weight excluding hydrogens is 320 g/mol. The van der Waals surface area contributed by atoms with Gasteiger partial charge >= 0.3 is 0 Å². The molecule has 26 heavy (non-hydrogen) atoms. The van der Waals surface area contributed by atoms with Crippen molar-refractivity contribution in [1.29, 1.82) is 5.26 Å². The lowest BCUT2D eigenvalue weighted by Gasteiger charge is -2.24. The van der Waals surface area contributed by atoms with Gasteiger partial charge in [0.15, 0.2) is 0 Å². The number of nitrogens with two attached hydrogens (primary N) is 1. The molecule has 0 amide bonds. The van der Waals surface area contributed by atoms with E-state index in [1.807, 2.05) is 48.7 Å². The van der Waals surface area contributed by atoms with Crippen molar-refractivity contribution in [2.24, 2.45) is 0 Å². The molecule has 0 unspecified atom stereocenters. The van der Waals surface area contributed by atoms with Crippen LogP contribution in [-0.4, -0.2) is 11.0 Å². The molecule has 0 bridgehead atoms. The van der Waals surface area contributed by atoms with Gasteiger partial charge in [-0.1, -0.05) is 31.4 Å². The van der Waals surface area contributed by atoms with E-state index < -0.39 is 0 Å². The van der Waals surface area contributed by atoms with Crippen LogP contribution in [0.5, 0.6) is 0 Å². The maximum absolute atomic E-state index is 9.33. The summed E-state index contributed by atoms with van der Waals surface area (Å²) in [7, 11) is 0. The highest BCUT2D eigenvalue weighted by atomic mass is 15.0. The lowest BCUT2D eigenvalue weighted by atomic mass is 9.95. The summed E-state index contributed by atoms with van der Waals surface area (Å²) in [6.07, 6.45) is 8.17. The van der Waals surface area contributed by atoms with Gasteiger partial charge in [0, 0.05) is 28.9 Å². The van der Waals surface area contributed by atoms with Gasteiger partial charge in [0.1, 0.15) is 5.82 Å². The van der Waals surface area contributed by atoms with Crippen LogP contribution >= 0.6 is 0 Å². The fraction of sp³-hybridized carbons (Fsp3) is 0.273. The third-order valence-corrected chi connectivity index (χ3v) is 5.18. The van der Waals surface area contributed by atoms with E-state index in [0.29, 0.717) is 11.6 Å². The first-order valence-corrected chi connectivity index (χ1v) is 9.20. The van der Waals surface area contributed by atoms with Crippen molar-refractivity contribution in [2.45, 2.75) is 38.1 Å². The summed E-state index contributed by atoms with van der Waals surface area (Å²) >= 11 is 0. The largest absolute Gasteiger partial charge is 0.399 e. The Morgan fingerprint density at radius 1 is 1.00 bits per heavy atom. The molecule has 130 valence electrons. The van der Waals surface area contributed by atoms with Gasteiger partial charge in [-0.05, 0) is 54.1 Å². The molecule has 0 radical (unpaired) electrons. The second-order valence-corrected chi connectivity index (χ2v) is 6.99. The van der Waals surface area contributed by atoms with Gasteiger partial charge in [0.05, 0.1) is 11.6 Å². The summed E-state index contributed by atoms with van der Waals surface area (Å²) in [5.74, 6) is 0.913. The zero-order valence-electron chi connectivity index (χ0n) is 14.7. The summed E-state index contributed by atoms with van der Waals surface area (Å²) in [6, 6.07) is 16.3. The maximum Gasteiger partial charge on any atom is 0.134 e. The highest BCUT2D eigenvalue weighted by molar-refractivity contribution is 6.02. The maximum atomic E-state index is 9.33. The minimum atomic E-state index is 0.484. The molecule has 0 aliphatic heterocycles. The van der Waals surface area contributed by atoms with E-state index in [1.165, 1.54) is 32.1 Å². The molecule has 1 saturated carbocycles. The van der Waals surface area contributed by atoms with Crippen LogP contribution < -0.4 is 11.1 Å². The molecule has 1 fully saturated rings. The smallest absolute Gasteiger partial charge is 0.134 e. The molecule has 4 nitrogen and oxygen atoms in total. The third-order valence-electron chi connectivity index (χ3n) is 5.18. The van der Waals surface area contributed by atoms with E-state index in [9.17, 15) is 5.26 Å². The number of nitrogens with zero attached hydrogens (tertiary/aromatic N) is 2. The molecule has 4 rings (SSSR count). The van der Waals surface area contributed by atoms with Crippen LogP contribution in [0.2, 0.25) is 0 Å². The molecule has 1 heterocycles. The van der Waals surface area contributed by atoms with E-state index in [0.717, 1.165) is 33.4 Å². The Morgan fingerprint density at radius 2 is 1.77 bits per heavy atom. The van der Waals surface area contributed by atoms with Crippen molar-refractivity contribution in [1.82, 2.24) is 4.98 Å². The van der Waals surface area contributed by atoms with Crippen LogP contribution in [0.1, 0.15) is 37.7 Å². The molecule has 0 atom stereocenters. The van der Waals surface area contributed by atoms with Crippen molar-refractivity contribution in [2.75, 3.05) is 11.1 Å². The number of nitrogen functional groups attached to an aromatic ring is 1. The normalized spacial score (nSPS) is 14.9. The summed E-state index contributed by atoms with van der Waals surface area (Å²) in [4.78, 5) is 4.73. The quantitative estimate of drug-likeness (QED) is 0.649. The molecule has 3 N–H and O–H groups in total. The third kappa shape index (κ3) is 3.21. The number of anilines is 2. The first-order valence-electron chi connectivity index (χ1n) is 9.20. The second-order valence-electron chi connectivity index (χ2n) is 6.99. The number of hydrogen-bond donors (Lipinski definition) is 2. The summed E-state index contributed by atoms with van der Waals surface area (Å²) in [5, 5.41) is 15.1. The Hall–Kier alpha value is -3.06. The SMILES string of the molecule is N#Cc1ccc2c(NC3CCCCC3)ncc(-c3ccc(N)cc3)c2c1. The highest BCUT2D eigenvalue weighted by Gasteiger charge is 2.16. The number of hydrogen-bond acceptors (Lipinski definition) is 4. The van der Waals surface area contributed by atoms with E-state index in [-0.39, 0.29) is 0 Å². The first kappa shape index (κ1) is 16.4. The van der Waals surface area contributed by atoms with Crippen molar-refractivity contribution in [3.8, 4) is 17.2 Å². The summed E-state index contributed by atoms with van der Waals surface area (Å²) in [5.41, 5.74) is 9.29. The molecule has 4 heteroatoms. The zero-order chi connectivity index (χ0) is 17.9. The van der Waals surface area contributed by atoms with Gasteiger partial charge in [-0.15, -0.1) is 0 Å². The van der Waals surface area contributed by atoms with Gasteiger partial charge in [0.2, 0.25) is 0 Å². The minimum Gasteiger partial charge on any atom is -0.399 e. The highest BCUT2D eigenvalue weighted by Crippen LogP contribution is 2.34. The van der Waals surface area contributed by atoms with E-state index in [1.54, 1.807) is 0 Å². The number of nitrogens with one attached hydrogen (secondary N) is 1. The number of nitriles is 1. The van der Waals surface area contributed by atoms with Crippen molar-refractivity contribution >= 4 is 22.3 Å². The second kappa shape index (κ2) is 7.05. The molecule has 0 spiro atoms. The van der Waals surface area contributed by atoms with Crippen LogP contribution in [0.4, 0.5) is 11.5 Å². The van der Waals surface area contributed by atoms with Crippen molar-refractivity contribution in [3.63, 3.8) is 0 Å². The van der Waals surface area contributed by atoms with Crippen LogP contribution in [0.3, 0.4) is 0 Å². The van der Waals surface area contributed by atoms with E-state index >= 15 is 0 Å². The van der Waals surface area contributed by atoms with Gasteiger partial charge in [0.25, 0.3) is 0 Å². The van der Waals surface area contributed by atoms with Gasteiger partial charge in [-0.25, -0.2) is 4.98 Å². The van der Waals surface area contributed by atoms with Crippen LogP contribution in [0.25, 0.3) is 21.9 Å². The van der Waals surface area contributed by atoms with Gasteiger partial charge in [-0.3, -0.25) is 0 Å². The summed E-state index contributed by atoms with van der Waals surface area (Å²) < 4.78 is 0. The standard InChI is InChI=1S/C22H22N4/c23-13-15-6-11-19-20(12-15)21(16-7-9-17(24)10-8-16)14-25-22(19)26-18-4-2-1-3-5-18/h6-12,14,18H,1-5,24H2,(H,25,26). The molecule has 1 aromatic heterocycles. The zero-order valence-corrected chi connectivity index (χ0v) is 14.7. The predicted octanol–water partition coefficient (Wildman–Crippen LogP) is 5.10. The molecular formula is C22H22N4. The molecule has 0 saturated heterocycles. The van der Waals surface area contributed by atoms with E-state index in [4.69, 9.17) is 10.7 Å². The van der Waals surface area contributed by atoms with Crippen LogP contribution in [-0.2, 0) is 0 Å². The Morgan fingerprint density at radius 3 is 2.50 bits per heavy atom. The van der Waals surface area contributed by atoms with Gasteiger partial charge in [-0.2, -0.15) is 5.26 Å². The minimum absolute atomic E-state index is 0.484. The average molecular weight is 342 g/mol. The van der Waals surface area contributed by atoms with Gasteiger partial charge < -0.3 is 11.1 Å². The predicted molar refractivity (Wildman–Crippen MR) is 107 cm³/mol. The number of aromatic nitrogens is 1. The molecule has 3 aromatic rings. The molecule has 1 aliphatic carbocycles. The monoisotopic (exact) mass is 342 g/mol. The fourth-order valence-corrected chi connectivity index (χ4v) is 3.76. The fourth-order valence-electron chi connectivity index (χ4n) is 3.76. The number of rotatable bonds is 3. The average Bonchev–Trinajstić information content (AvgIpc) is 2.69. The van der Waals surface area contributed by atoms with Crippen molar-refractivity contribution in [3.05, 3.63) is 54.2 Å². The Kier molecular flexibility index (Phi) is 4.45. The first-order chi connectivity index (χ1) is 12.7. The van der Waals surface area contributed by atoms with E-state index in [2.05, 4.69) is 11.4 Å². The lowest BCUT2D eigenvalue weighted by molar-refractivity contribution is 0.462. The number of pyridine rings is 1. The van der Waals surface area contributed by atoms with Crippen molar-refractivity contribution < 1.29 is 0 Å². The summed E-state index contributed by atoms with van der Waals surface area (Å²) in [6.45, 7) is 0. The Labute approximate surface area is 153 Å². The number of benzene rings is 2. The molecule has 1 aliphatic rings. The topological polar surface area (TPSA) is 74.7 Å². The van der Waals surface area contributed by atoms with Crippen LogP contribution in [0.15, 0.2) is 48.7 Å². The van der Waals surface area contributed by atoms with Crippen LogP contribution in [0, 0.1) is 11.3 Å².